The van der Waals surface area contributed by atoms with E-state index in [1.807, 2.05) is 0 Å². The first kappa shape index (κ1) is 15.5. The van der Waals surface area contributed by atoms with E-state index in [9.17, 15) is 0 Å². The molecule has 20 heavy (non-hydrogen) atoms. The minimum absolute atomic E-state index is 0.481. The van der Waals surface area contributed by atoms with Crippen LogP contribution in [0.15, 0.2) is 18.2 Å². The molecule has 1 atom stereocenters. The summed E-state index contributed by atoms with van der Waals surface area (Å²) in [6.45, 7) is 12.3. The Kier molecular flexibility index (Phi) is 5.55. The quantitative estimate of drug-likeness (QED) is 0.829. The summed E-state index contributed by atoms with van der Waals surface area (Å²) in [5, 5.41) is 3.56. The summed E-state index contributed by atoms with van der Waals surface area (Å²) in [5.74, 6) is 0. The Bertz CT molecular complexity index is 410. The predicted molar refractivity (Wildman–Crippen MR) is 84.8 cm³/mol. The molecule has 2 heterocycles. The number of hydrogen-bond acceptors (Lipinski definition) is 3. The number of nitrogens with one attached hydrogen (secondary N) is 1. The van der Waals surface area contributed by atoms with Gasteiger partial charge in [0.2, 0.25) is 0 Å². The van der Waals surface area contributed by atoms with Crippen LogP contribution in [0.1, 0.15) is 44.5 Å². The molecule has 1 aromatic heterocycles. The largest absolute Gasteiger partial charge is 0.316 e. The molecule has 0 bridgehead atoms. The van der Waals surface area contributed by atoms with Gasteiger partial charge in [-0.2, -0.15) is 0 Å². The fourth-order valence-electron chi connectivity index (χ4n) is 3.42. The minimum atomic E-state index is 0.481. The molecule has 0 radical (unpaired) electrons. The molecular weight excluding hydrogens is 246 g/mol. The molecule has 0 amide bonds. The molecule has 0 aromatic carbocycles. The molecular formula is C17H29N3. The van der Waals surface area contributed by atoms with Crippen LogP contribution in [0.25, 0.3) is 0 Å². The molecule has 1 aliphatic heterocycles. The first-order chi connectivity index (χ1) is 9.67. The zero-order chi connectivity index (χ0) is 14.4. The SMILES string of the molecule is CCCC1(CN(CC)Cc2cccc(C)n2)CCNC1. The van der Waals surface area contributed by atoms with Gasteiger partial charge in [0.25, 0.3) is 0 Å². The standard InChI is InChI=1S/C17H29N3/c1-4-9-17(10-11-18-13-17)14-20(5-2)12-16-8-6-7-15(3)19-16/h6-8,18H,4-5,9-14H2,1-3H3. The number of hydrogen-bond donors (Lipinski definition) is 1. The lowest BCUT2D eigenvalue weighted by Crippen LogP contribution is -2.39. The van der Waals surface area contributed by atoms with Crippen molar-refractivity contribution in [3.8, 4) is 0 Å². The van der Waals surface area contributed by atoms with Crippen LogP contribution in [-0.2, 0) is 6.54 Å². The van der Waals surface area contributed by atoms with Gasteiger partial charge in [-0.25, -0.2) is 0 Å². The number of aryl methyl sites for hydroxylation is 1. The van der Waals surface area contributed by atoms with Gasteiger partial charge in [0.05, 0.1) is 5.69 Å². The normalized spacial score (nSPS) is 22.6. The van der Waals surface area contributed by atoms with Crippen molar-refractivity contribution in [2.75, 3.05) is 26.2 Å². The molecule has 3 heteroatoms. The maximum atomic E-state index is 4.65. The van der Waals surface area contributed by atoms with E-state index in [2.05, 4.69) is 54.2 Å². The zero-order valence-corrected chi connectivity index (χ0v) is 13.3. The van der Waals surface area contributed by atoms with Crippen LogP contribution in [0.5, 0.6) is 0 Å². The van der Waals surface area contributed by atoms with Crippen LogP contribution in [-0.4, -0.2) is 36.1 Å². The summed E-state index contributed by atoms with van der Waals surface area (Å²) in [6.07, 6.45) is 3.93. The van der Waals surface area contributed by atoms with Crippen LogP contribution in [0.3, 0.4) is 0 Å². The van der Waals surface area contributed by atoms with E-state index >= 15 is 0 Å². The average molecular weight is 275 g/mol. The smallest absolute Gasteiger partial charge is 0.0547 e. The highest BCUT2D eigenvalue weighted by molar-refractivity contribution is 5.10. The zero-order valence-electron chi connectivity index (χ0n) is 13.3. The molecule has 2 rings (SSSR count). The maximum Gasteiger partial charge on any atom is 0.0547 e. The van der Waals surface area contributed by atoms with Crippen molar-refractivity contribution in [2.24, 2.45) is 5.41 Å². The molecule has 1 aliphatic rings. The lowest BCUT2D eigenvalue weighted by molar-refractivity contribution is 0.151. The molecule has 0 saturated carbocycles. The highest BCUT2D eigenvalue weighted by Gasteiger charge is 2.34. The lowest BCUT2D eigenvalue weighted by atomic mass is 9.82. The van der Waals surface area contributed by atoms with E-state index in [-0.39, 0.29) is 0 Å². The molecule has 0 aliphatic carbocycles. The Hall–Kier alpha value is -0.930. The van der Waals surface area contributed by atoms with Gasteiger partial charge in [0.15, 0.2) is 0 Å². The summed E-state index contributed by atoms with van der Waals surface area (Å²) in [6, 6.07) is 6.33. The van der Waals surface area contributed by atoms with Gasteiger partial charge in [-0.05, 0) is 50.4 Å². The van der Waals surface area contributed by atoms with Crippen molar-refractivity contribution in [1.82, 2.24) is 15.2 Å². The maximum absolute atomic E-state index is 4.65. The van der Waals surface area contributed by atoms with Crippen LogP contribution in [0.2, 0.25) is 0 Å². The van der Waals surface area contributed by atoms with Crippen LogP contribution < -0.4 is 5.32 Å². The van der Waals surface area contributed by atoms with Gasteiger partial charge in [-0.3, -0.25) is 9.88 Å². The first-order valence-corrected chi connectivity index (χ1v) is 8.03. The average Bonchev–Trinajstić information content (AvgIpc) is 2.87. The Balaban J connectivity index is 2.00. The predicted octanol–water partition coefficient (Wildman–Crippen LogP) is 2.99. The van der Waals surface area contributed by atoms with Crippen LogP contribution >= 0.6 is 0 Å². The monoisotopic (exact) mass is 275 g/mol. The Morgan fingerprint density at radius 3 is 2.80 bits per heavy atom. The van der Waals surface area contributed by atoms with Crippen molar-refractivity contribution < 1.29 is 0 Å². The summed E-state index contributed by atoms with van der Waals surface area (Å²) in [7, 11) is 0. The van der Waals surface area contributed by atoms with Crippen molar-refractivity contribution in [1.29, 1.82) is 0 Å². The number of aromatic nitrogens is 1. The van der Waals surface area contributed by atoms with Gasteiger partial charge in [0, 0.05) is 25.3 Å². The molecule has 1 aromatic rings. The molecule has 3 nitrogen and oxygen atoms in total. The summed E-state index contributed by atoms with van der Waals surface area (Å²) in [4.78, 5) is 7.21. The van der Waals surface area contributed by atoms with Crippen molar-refractivity contribution in [3.63, 3.8) is 0 Å². The molecule has 112 valence electrons. The molecule has 1 saturated heterocycles. The summed E-state index contributed by atoms with van der Waals surface area (Å²) < 4.78 is 0. The van der Waals surface area contributed by atoms with Crippen molar-refractivity contribution >= 4 is 0 Å². The fourth-order valence-corrected chi connectivity index (χ4v) is 3.42. The molecule has 1 unspecified atom stereocenters. The van der Waals surface area contributed by atoms with E-state index in [1.165, 1.54) is 44.6 Å². The van der Waals surface area contributed by atoms with E-state index in [0.717, 1.165) is 18.8 Å². The van der Waals surface area contributed by atoms with Crippen LogP contribution in [0.4, 0.5) is 0 Å². The van der Waals surface area contributed by atoms with Crippen LogP contribution in [0, 0.1) is 12.3 Å². The third-order valence-electron chi connectivity index (χ3n) is 4.45. The van der Waals surface area contributed by atoms with Gasteiger partial charge in [-0.1, -0.05) is 26.3 Å². The molecule has 0 spiro atoms. The van der Waals surface area contributed by atoms with E-state index in [4.69, 9.17) is 0 Å². The van der Waals surface area contributed by atoms with Crippen molar-refractivity contribution in [2.45, 2.75) is 46.6 Å². The lowest BCUT2D eigenvalue weighted by Gasteiger charge is -2.34. The van der Waals surface area contributed by atoms with Gasteiger partial charge < -0.3 is 5.32 Å². The highest BCUT2D eigenvalue weighted by Crippen LogP contribution is 2.32. The number of pyridine rings is 1. The second kappa shape index (κ2) is 7.19. The number of rotatable bonds is 7. The summed E-state index contributed by atoms with van der Waals surface area (Å²) >= 11 is 0. The van der Waals surface area contributed by atoms with E-state index in [0.29, 0.717) is 5.41 Å². The first-order valence-electron chi connectivity index (χ1n) is 8.03. The van der Waals surface area contributed by atoms with E-state index in [1.54, 1.807) is 0 Å². The third-order valence-corrected chi connectivity index (χ3v) is 4.45. The van der Waals surface area contributed by atoms with Crippen molar-refractivity contribution in [3.05, 3.63) is 29.6 Å². The highest BCUT2D eigenvalue weighted by atomic mass is 15.1. The Morgan fingerprint density at radius 2 is 2.20 bits per heavy atom. The Labute approximate surface area is 123 Å². The van der Waals surface area contributed by atoms with Gasteiger partial charge in [0.1, 0.15) is 0 Å². The third kappa shape index (κ3) is 4.03. The molecule has 1 fully saturated rings. The van der Waals surface area contributed by atoms with Gasteiger partial charge in [-0.15, -0.1) is 0 Å². The Morgan fingerprint density at radius 1 is 1.35 bits per heavy atom. The number of nitrogens with zero attached hydrogens (tertiary/aromatic N) is 2. The molecule has 1 N–H and O–H groups in total. The van der Waals surface area contributed by atoms with Gasteiger partial charge >= 0.3 is 0 Å². The fraction of sp³-hybridized carbons (Fsp3) is 0.706. The second-order valence-electron chi connectivity index (χ2n) is 6.25. The summed E-state index contributed by atoms with van der Waals surface area (Å²) in [5.41, 5.74) is 2.79. The van der Waals surface area contributed by atoms with E-state index < -0.39 is 0 Å². The minimum Gasteiger partial charge on any atom is -0.316 e. The topological polar surface area (TPSA) is 28.2 Å². The second-order valence-corrected chi connectivity index (χ2v) is 6.25.